The monoisotopic (exact) mass is 593 g/mol. The summed E-state index contributed by atoms with van der Waals surface area (Å²) in [6.07, 6.45) is 9.14. The molecule has 0 spiro atoms. The molecular formula is C37H47N5O2. The average molecular weight is 594 g/mol. The number of H-pyrrole nitrogens is 1. The molecule has 1 atom stereocenters. The molecule has 0 unspecified atom stereocenters. The van der Waals surface area contributed by atoms with Gasteiger partial charge in [0.25, 0.3) is 0 Å². The van der Waals surface area contributed by atoms with Crippen LogP contribution in [0.2, 0.25) is 0 Å². The predicted octanol–water partition coefficient (Wildman–Crippen LogP) is 6.40. The second-order valence-corrected chi connectivity index (χ2v) is 14.0. The van der Waals surface area contributed by atoms with Crippen LogP contribution in [0.25, 0.3) is 22.2 Å². The summed E-state index contributed by atoms with van der Waals surface area (Å²) >= 11 is 0. The van der Waals surface area contributed by atoms with Crippen molar-refractivity contribution >= 4 is 16.8 Å². The molecule has 1 aliphatic carbocycles. The number of benzene rings is 1. The summed E-state index contributed by atoms with van der Waals surface area (Å²) in [5.74, 6) is 1.06. The fourth-order valence-electron chi connectivity index (χ4n) is 7.57. The fraction of sp³-hybridized carbons (Fsp3) is 0.486. The van der Waals surface area contributed by atoms with Gasteiger partial charge in [0.15, 0.2) is 11.9 Å². The van der Waals surface area contributed by atoms with Gasteiger partial charge in [0.05, 0.1) is 28.5 Å². The highest BCUT2D eigenvalue weighted by molar-refractivity contribution is 5.93. The number of carbonyl (C=O) groups is 1. The van der Waals surface area contributed by atoms with E-state index in [1.165, 1.54) is 35.1 Å². The normalized spacial score (nSPS) is 19.1. The molecule has 0 radical (unpaired) electrons. The Bertz CT molecular complexity index is 1660. The van der Waals surface area contributed by atoms with Crippen molar-refractivity contribution in [1.82, 2.24) is 20.2 Å². The summed E-state index contributed by atoms with van der Waals surface area (Å²) in [7, 11) is 0. The predicted molar refractivity (Wildman–Crippen MR) is 177 cm³/mol. The number of aromatic nitrogens is 3. The average Bonchev–Trinajstić information content (AvgIpc) is 3.40. The van der Waals surface area contributed by atoms with Crippen LogP contribution in [0.15, 0.2) is 48.8 Å². The van der Waals surface area contributed by atoms with E-state index in [0.29, 0.717) is 17.7 Å². The molecule has 7 rings (SSSR count). The van der Waals surface area contributed by atoms with E-state index in [9.17, 15) is 10.0 Å². The highest BCUT2D eigenvalue weighted by atomic mass is 16.5. The van der Waals surface area contributed by atoms with Gasteiger partial charge in [0.2, 0.25) is 5.91 Å². The molecule has 2 aliphatic heterocycles. The zero-order chi connectivity index (χ0) is 31.2. The van der Waals surface area contributed by atoms with Gasteiger partial charge in [-0.05, 0) is 113 Å². The minimum Gasteiger partial charge on any atom is -0.619 e. The maximum Gasteiger partial charge on any atom is 0.234 e. The Morgan fingerprint density at radius 1 is 1.11 bits per heavy atom. The Balaban J connectivity index is 1.31. The van der Waals surface area contributed by atoms with E-state index in [4.69, 9.17) is 4.98 Å². The first-order chi connectivity index (χ1) is 21.0. The smallest absolute Gasteiger partial charge is 0.234 e. The number of nitrogens with one attached hydrogen (secondary N) is 2. The molecule has 3 aliphatic rings. The van der Waals surface area contributed by atoms with Crippen molar-refractivity contribution in [3.05, 3.63) is 87.6 Å². The Hall–Kier alpha value is -3.71. The molecule has 7 heteroatoms. The molecular weight excluding hydrogens is 546 g/mol. The number of aryl methyl sites for hydroxylation is 3. The Labute approximate surface area is 261 Å². The lowest BCUT2D eigenvalue weighted by atomic mass is 9.77. The van der Waals surface area contributed by atoms with E-state index in [1.807, 2.05) is 39.1 Å². The van der Waals surface area contributed by atoms with Crippen LogP contribution in [0, 0.1) is 31.9 Å². The van der Waals surface area contributed by atoms with Gasteiger partial charge in [-0.25, -0.2) is 0 Å². The lowest BCUT2D eigenvalue weighted by molar-refractivity contribution is -0.612. The first-order valence-electron chi connectivity index (χ1n) is 16.3. The Kier molecular flexibility index (Phi) is 8.27. The number of carbonyl (C=O) groups excluding carboxylic acids is 1. The number of hydrogen-bond acceptors (Lipinski definition) is 4. The molecule has 3 fully saturated rings. The van der Waals surface area contributed by atoms with Crippen LogP contribution < -0.4 is 10.0 Å². The zero-order valence-corrected chi connectivity index (χ0v) is 27.2. The number of fused-ring (bicyclic) bond motifs is 4. The third-order valence-electron chi connectivity index (χ3n) is 10.1. The van der Waals surface area contributed by atoms with Crippen LogP contribution >= 0.6 is 0 Å². The minimum absolute atomic E-state index is 0.202. The molecule has 1 aromatic carbocycles. The van der Waals surface area contributed by atoms with Gasteiger partial charge in [0.1, 0.15) is 0 Å². The number of piperidine rings is 2. The van der Waals surface area contributed by atoms with Crippen LogP contribution in [0.3, 0.4) is 0 Å². The van der Waals surface area contributed by atoms with E-state index in [2.05, 4.69) is 60.2 Å². The molecule has 5 heterocycles. The molecule has 2 N–H and O–H groups in total. The topological polar surface area (TPSA) is 88.0 Å². The SMILES string of the molecule is Cc1cc(C)cc(-c2[nH]c3cnc(C(C)(C)C(=O)N4CC5CCC4CC5)cc3c2[C@H](C)CNCCc2cc[n+]([O-])c(C)c2)c1. The second-order valence-electron chi connectivity index (χ2n) is 14.0. The maximum absolute atomic E-state index is 14.0. The molecule has 7 nitrogen and oxygen atoms in total. The van der Waals surface area contributed by atoms with Gasteiger partial charge in [0, 0.05) is 43.6 Å². The molecule has 44 heavy (non-hydrogen) atoms. The lowest BCUT2D eigenvalue weighted by Crippen LogP contribution is -2.55. The van der Waals surface area contributed by atoms with Crippen molar-refractivity contribution < 1.29 is 9.52 Å². The summed E-state index contributed by atoms with van der Waals surface area (Å²) in [5.41, 5.74) is 9.00. The molecule has 4 aromatic rings. The maximum atomic E-state index is 14.0. The van der Waals surface area contributed by atoms with Crippen LogP contribution in [0.5, 0.6) is 0 Å². The summed E-state index contributed by atoms with van der Waals surface area (Å²) in [5, 5.41) is 16.5. The number of rotatable bonds is 9. The van der Waals surface area contributed by atoms with Crippen LogP contribution in [0.1, 0.15) is 86.0 Å². The highest BCUT2D eigenvalue weighted by Gasteiger charge is 2.43. The van der Waals surface area contributed by atoms with Crippen molar-refractivity contribution in [2.75, 3.05) is 19.6 Å². The molecule has 1 amide bonds. The van der Waals surface area contributed by atoms with E-state index in [1.54, 1.807) is 6.20 Å². The number of pyridine rings is 2. The summed E-state index contributed by atoms with van der Waals surface area (Å²) in [6, 6.07) is 13.1. The highest BCUT2D eigenvalue weighted by Crippen LogP contribution is 2.40. The zero-order valence-electron chi connectivity index (χ0n) is 27.2. The van der Waals surface area contributed by atoms with E-state index in [-0.39, 0.29) is 11.8 Å². The number of amides is 1. The third-order valence-corrected chi connectivity index (χ3v) is 10.1. The van der Waals surface area contributed by atoms with E-state index < -0.39 is 5.41 Å². The van der Waals surface area contributed by atoms with Crippen LogP contribution in [-0.4, -0.2) is 46.5 Å². The lowest BCUT2D eigenvalue weighted by Gasteiger charge is -2.47. The van der Waals surface area contributed by atoms with Crippen LogP contribution in [0.4, 0.5) is 0 Å². The fourth-order valence-corrected chi connectivity index (χ4v) is 7.57. The number of hydrogen-bond donors (Lipinski definition) is 2. The van der Waals surface area contributed by atoms with Gasteiger partial charge < -0.3 is 20.4 Å². The largest absolute Gasteiger partial charge is 0.619 e. The van der Waals surface area contributed by atoms with E-state index in [0.717, 1.165) is 71.5 Å². The van der Waals surface area contributed by atoms with Crippen molar-refractivity contribution in [3.63, 3.8) is 0 Å². The van der Waals surface area contributed by atoms with Crippen molar-refractivity contribution in [1.29, 1.82) is 0 Å². The second kappa shape index (κ2) is 12.0. The van der Waals surface area contributed by atoms with Crippen LogP contribution in [-0.2, 0) is 16.6 Å². The Morgan fingerprint density at radius 2 is 1.84 bits per heavy atom. The van der Waals surface area contributed by atoms with Gasteiger partial charge in [-0.2, -0.15) is 4.73 Å². The first-order valence-corrected chi connectivity index (χ1v) is 16.3. The summed E-state index contributed by atoms with van der Waals surface area (Å²) in [4.78, 5) is 24.8. The molecule has 2 bridgehead atoms. The summed E-state index contributed by atoms with van der Waals surface area (Å²) < 4.78 is 0.902. The Morgan fingerprint density at radius 3 is 2.50 bits per heavy atom. The summed E-state index contributed by atoms with van der Waals surface area (Å²) in [6.45, 7) is 15.0. The first kappa shape index (κ1) is 30.3. The molecule has 3 aromatic heterocycles. The van der Waals surface area contributed by atoms with E-state index >= 15 is 0 Å². The van der Waals surface area contributed by atoms with Crippen molar-refractivity contribution in [2.45, 2.75) is 91.0 Å². The number of aromatic amines is 1. The molecule has 1 saturated carbocycles. The number of nitrogens with zero attached hydrogens (tertiary/aromatic N) is 3. The molecule has 2 saturated heterocycles. The van der Waals surface area contributed by atoms with Gasteiger partial charge in [-0.1, -0.05) is 24.1 Å². The van der Waals surface area contributed by atoms with Gasteiger partial charge >= 0.3 is 0 Å². The van der Waals surface area contributed by atoms with Crippen molar-refractivity contribution in [3.8, 4) is 11.3 Å². The van der Waals surface area contributed by atoms with Crippen molar-refractivity contribution in [2.24, 2.45) is 5.92 Å². The minimum atomic E-state index is -0.710. The quantitative estimate of drug-likeness (QED) is 0.134. The third kappa shape index (κ3) is 5.86. The van der Waals surface area contributed by atoms with Gasteiger partial charge in [-0.3, -0.25) is 9.78 Å². The standard InChI is InChI=1S/C37H47N5O2/c1-23-15-24(2)17-29(16-23)35-34(25(3)20-38-13-11-27-12-14-42(44)26(4)18-27)31-19-33(39-21-32(31)40-35)37(5,6)36(43)41-22-28-7-9-30(41)10-8-28/h12,14-19,21,25,28,30,38,40H,7-11,13,20,22H2,1-6H3/t25-,28?,30?/m1/s1. The van der Waals surface area contributed by atoms with Gasteiger partial charge in [-0.15, -0.1) is 0 Å². The molecule has 232 valence electrons.